The number of halogens is 1. The van der Waals surface area contributed by atoms with Crippen molar-refractivity contribution in [2.45, 2.75) is 0 Å². The average molecular weight is 391 g/mol. The minimum absolute atomic E-state index is 0.124. The van der Waals surface area contributed by atoms with E-state index in [4.69, 9.17) is 4.74 Å². The third-order valence-electron chi connectivity index (χ3n) is 3.14. The minimum atomic E-state index is -0.992. The first-order valence-corrected chi connectivity index (χ1v) is 7.73. The van der Waals surface area contributed by atoms with Crippen LogP contribution in [-0.4, -0.2) is 36.0 Å². The lowest BCUT2D eigenvalue weighted by molar-refractivity contribution is -0.384. The summed E-state index contributed by atoms with van der Waals surface area (Å²) in [6.45, 7) is -1.31. The summed E-state index contributed by atoms with van der Waals surface area (Å²) in [5, 5.41) is 14.5. The number of hydrogen-bond donors (Lipinski definition) is 2. The molecule has 2 aromatic carbocycles. The van der Waals surface area contributed by atoms with Gasteiger partial charge in [-0.15, -0.1) is 0 Å². The van der Waals surface area contributed by atoms with Gasteiger partial charge in [0.1, 0.15) is 11.6 Å². The molecule has 2 rings (SSSR count). The number of nitrogens with one attached hydrogen (secondary N) is 2. The molecule has 0 bridgehead atoms. The van der Waals surface area contributed by atoms with Gasteiger partial charge in [0.05, 0.1) is 10.6 Å². The maximum atomic E-state index is 13.4. The van der Waals surface area contributed by atoms with Gasteiger partial charge in [-0.05, 0) is 24.3 Å². The van der Waals surface area contributed by atoms with Crippen LogP contribution in [0.1, 0.15) is 0 Å². The smallest absolute Gasteiger partial charge is 0.344 e. The van der Waals surface area contributed by atoms with Crippen LogP contribution < -0.4 is 15.4 Å². The molecule has 0 aromatic heterocycles. The predicted molar refractivity (Wildman–Crippen MR) is 93.1 cm³/mol. The first-order valence-electron chi connectivity index (χ1n) is 7.73. The third-order valence-corrected chi connectivity index (χ3v) is 3.14. The molecule has 0 atom stereocenters. The van der Waals surface area contributed by atoms with Crippen LogP contribution in [0.5, 0.6) is 5.75 Å². The van der Waals surface area contributed by atoms with Gasteiger partial charge in [-0.3, -0.25) is 20.2 Å². The van der Waals surface area contributed by atoms with Crippen molar-refractivity contribution < 1.29 is 33.2 Å². The van der Waals surface area contributed by atoms with Gasteiger partial charge in [0.25, 0.3) is 11.6 Å². The lowest BCUT2D eigenvalue weighted by atomic mass is 10.3. The number of amides is 3. The predicted octanol–water partition coefficient (Wildman–Crippen LogP) is 2.00. The fourth-order valence-corrected chi connectivity index (χ4v) is 1.87. The molecule has 0 aliphatic heterocycles. The maximum Gasteiger partial charge on any atom is 0.344 e. The number of urea groups is 1. The van der Waals surface area contributed by atoms with E-state index in [-0.39, 0.29) is 17.1 Å². The highest BCUT2D eigenvalue weighted by atomic mass is 19.1. The summed E-state index contributed by atoms with van der Waals surface area (Å²) >= 11 is 0. The van der Waals surface area contributed by atoms with Crippen LogP contribution in [0.2, 0.25) is 0 Å². The summed E-state index contributed by atoms with van der Waals surface area (Å²) in [5.41, 5.74) is -0.262. The van der Waals surface area contributed by atoms with Crippen molar-refractivity contribution in [3.8, 4) is 5.75 Å². The van der Waals surface area contributed by atoms with Crippen molar-refractivity contribution in [2.75, 3.05) is 18.5 Å². The van der Waals surface area contributed by atoms with Gasteiger partial charge in [0.2, 0.25) is 0 Å². The van der Waals surface area contributed by atoms with E-state index in [1.165, 1.54) is 42.5 Å². The second-order valence-corrected chi connectivity index (χ2v) is 5.18. The molecule has 0 saturated heterocycles. The zero-order chi connectivity index (χ0) is 20.5. The lowest BCUT2D eigenvalue weighted by Gasteiger charge is -2.08. The van der Waals surface area contributed by atoms with Crippen molar-refractivity contribution in [1.82, 2.24) is 5.32 Å². The summed E-state index contributed by atoms with van der Waals surface area (Å²) in [7, 11) is 0. The molecule has 3 amide bonds. The first-order chi connectivity index (χ1) is 13.3. The SMILES string of the molecule is O=C(COC(=O)COc1ccc([N+](=O)[O-])cc1)NC(=O)Nc1ccccc1F. The van der Waals surface area contributed by atoms with E-state index in [0.29, 0.717) is 0 Å². The minimum Gasteiger partial charge on any atom is -0.482 e. The molecule has 10 nitrogen and oxygen atoms in total. The third kappa shape index (κ3) is 6.37. The van der Waals surface area contributed by atoms with E-state index in [9.17, 15) is 28.9 Å². The Kier molecular flexibility index (Phi) is 6.97. The molecule has 11 heteroatoms. The number of benzene rings is 2. The molecule has 0 radical (unpaired) electrons. The number of esters is 1. The van der Waals surface area contributed by atoms with Crippen LogP contribution >= 0.6 is 0 Å². The highest BCUT2D eigenvalue weighted by Gasteiger charge is 2.13. The van der Waals surface area contributed by atoms with E-state index in [1.54, 1.807) is 0 Å². The number of nitrogens with zero attached hydrogens (tertiary/aromatic N) is 1. The van der Waals surface area contributed by atoms with Crippen LogP contribution in [-0.2, 0) is 14.3 Å². The van der Waals surface area contributed by atoms with E-state index >= 15 is 0 Å². The second-order valence-electron chi connectivity index (χ2n) is 5.18. The van der Waals surface area contributed by atoms with Gasteiger partial charge < -0.3 is 14.8 Å². The number of non-ortho nitro benzene ring substituents is 1. The Morgan fingerprint density at radius 3 is 2.36 bits per heavy atom. The van der Waals surface area contributed by atoms with Gasteiger partial charge in [-0.25, -0.2) is 14.0 Å². The van der Waals surface area contributed by atoms with Crippen molar-refractivity contribution in [2.24, 2.45) is 0 Å². The zero-order valence-electron chi connectivity index (χ0n) is 14.2. The lowest BCUT2D eigenvalue weighted by Crippen LogP contribution is -2.37. The molecule has 2 aromatic rings. The molecule has 0 aliphatic carbocycles. The Morgan fingerprint density at radius 2 is 1.71 bits per heavy atom. The van der Waals surface area contributed by atoms with E-state index in [2.05, 4.69) is 10.1 Å². The number of para-hydroxylation sites is 1. The Balaban J connectivity index is 1.70. The summed E-state index contributed by atoms with van der Waals surface area (Å²) in [6, 6.07) is 9.35. The van der Waals surface area contributed by atoms with Gasteiger partial charge in [-0.1, -0.05) is 12.1 Å². The average Bonchev–Trinajstić information content (AvgIpc) is 2.66. The summed E-state index contributed by atoms with van der Waals surface area (Å²) in [4.78, 5) is 44.6. The Morgan fingerprint density at radius 1 is 1.04 bits per heavy atom. The number of nitro benzene ring substituents is 1. The van der Waals surface area contributed by atoms with Crippen LogP contribution in [0.3, 0.4) is 0 Å². The summed E-state index contributed by atoms with van der Waals surface area (Å²) < 4.78 is 23.1. The number of imide groups is 1. The molecule has 28 heavy (non-hydrogen) atoms. The molecule has 2 N–H and O–H groups in total. The molecule has 146 valence electrons. The van der Waals surface area contributed by atoms with Crippen molar-refractivity contribution >= 4 is 29.3 Å². The van der Waals surface area contributed by atoms with Crippen LogP contribution in [0, 0.1) is 15.9 Å². The second kappa shape index (κ2) is 9.62. The van der Waals surface area contributed by atoms with Crippen molar-refractivity contribution in [3.63, 3.8) is 0 Å². The molecule has 0 fully saturated rings. The Bertz CT molecular complexity index is 887. The number of carbonyl (C=O) groups excluding carboxylic acids is 3. The number of rotatable bonds is 7. The van der Waals surface area contributed by atoms with Gasteiger partial charge >= 0.3 is 12.0 Å². The molecule has 0 saturated carbocycles. The molecule has 0 heterocycles. The van der Waals surface area contributed by atoms with Gasteiger partial charge in [-0.2, -0.15) is 0 Å². The highest BCUT2D eigenvalue weighted by Crippen LogP contribution is 2.17. The van der Waals surface area contributed by atoms with Crippen molar-refractivity contribution in [3.05, 3.63) is 64.5 Å². The number of anilines is 1. The standard InChI is InChI=1S/C17H14FN3O7/c18-13-3-1-2-4-14(13)19-17(24)20-15(22)9-28-16(23)10-27-12-7-5-11(6-8-12)21(25)26/h1-8H,9-10H2,(H2,19,20,22,24). The monoisotopic (exact) mass is 391 g/mol. The summed E-state index contributed by atoms with van der Waals surface area (Å²) in [5.74, 6) is -2.32. The molecular weight excluding hydrogens is 377 g/mol. The molecule has 0 aliphatic rings. The number of nitro groups is 1. The van der Waals surface area contributed by atoms with Crippen molar-refractivity contribution in [1.29, 1.82) is 0 Å². The first kappa shape index (κ1) is 20.3. The maximum absolute atomic E-state index is 13.4. The molecular formula is C17H14FN3O7. The zero-order valence-corrected chi connectivity index (χ0v) is 14.2. The normalized spacial score (nSPS) is 9.89. The number of carbonyl (C=O) groups is 3. The Hall–Kier alpha value is -4.02. The topological polar surface area (TPSA) is 137 Å². The van der Waals surface area contributed by atoms with Crippen LogP contribution in [0.25, 0.3) is 0 Å². The van der Waals surface area contributed by atoms with Crippen LogP contribution in [0.4, 0.5) is 20.6 Å². The number of hydrogen-bond acceptors (Lipinski definition) is 7. The quantitative estimate of drug-likeness (QED) is 0.418. The largest absolute Gasteiger partial charge is 0.482 e. The van der Waals surface area contributed by atoms with E-state index in [0.717, 1.165) is 6.07 Å². The fourth-order valence-electron chi connectivity index (χ4n) is 1.87. The van der Waals surface area contributed by atoms with E-state index in [1.807, 2.05) is 5.32 Å². The Labute approximate surface area is 157 Å². The number of ether oxygens (including phenoxy) is 2. The summed E-state index contributed by atoms with van der Waals surface area (Å²) in [6.07, 6.45) is 0. The molecule has 0 spiro atoms. The van der Waals surface area contributed by atoms with Crippen LogP contribution in [0.15, 0.2) is 48.5 Å². The van der Waals surface area contributed by atoms with E-state index < -0.39 is 41.9 Å². The highest BCUT2D eigenvalue weighted by molar-refractivity contribution is 6.01. The van der Waals surface area contributed by atoms with Gasteiger partial charge in [0.15, 0.2) is 13.2 Å². The fraction of sp³-hybridized carbons (Fsp3) is 0.118. The molecule has 0 unspecified atom stereocenters. The van der Waals surface area contributed by atoms with Gasteiger partial charge in [0, 0.05) is 12.1 Å².